The summed E-state index contributed by atoms with van der Waals surface area (Å²) in [5.41, 5.74) is 5.47. The summed E-state index contributed by atoms with van der Waals surface area (Å²) in [6.07, 6.45) is 0.852. The smallest absolute Gasteiger partial charge is 0.140 e. The Morgan fingerprint density at radius 3 is 2.41 bits per heavy atom. The van der Waals surface area contributed by atoms with E-state index in [9.17, 15) is 0 Å². The highest BCUT2D eigenvalue weighted by Gasteiger charge is 2.08. The fourth-order valence-corrected chi connectivity index (χ4v) is 1.55. The maximum Gasteiger partial charge on any atom is 0.140 e. The summed E-state index contributed by atoms with van der Waals surface area (Å²) in [4.78, 5) is 2.28. The van der Waals surface area contributed by atoms with Crippen LogP contribution in [-0.2, 0) is 4.74 Å². The van der Waals surface area contributed by atoms with Crippen LogP contribution < -0.4 is 5.73 Å². The van der Waals surface area contributed by atoms with Crippen LogP contribution in [0.25, 0.3) is 0 Å². The van der Waals surface area contributed by atoms with Gasteiger partial charge in [0.05, 0.1) is 12.7 Å². The predicted molar refractivity (Wildman–Crippen MR) is 70.4 cm³/mol. The van der Waals surface area contributed by atoms with Gasteiger partial charge in [0.15, 0.2) is 0 Å². The van der Waals surface area contributed by atoms with Crippen LogP contribution in [0.5, 0.6) is 0 Å². The van der Waals surface area contributed by atoms with Gasteiger partial charge >= 0.3 is 0 Å². The maximum absolute atomic E-state index is 8.50. The molecule has 0 bridgehead atoms. The molecule has 5 heteroatoms. The van der Waals surface area contributed by atoms with Gasteiger partial charge in [-0.25, -0.2) is 0 Å². The molecule has 0 radical (unpaired) electrons. The second-order valence-corrected chi connectivity index (χ2v) is 4.96. The molecule has 0 saturated heterocycles. The molecule has 0 aliphatic heterocycles. The van der Waals surface area contributed by atoms with Crippen LogP contribution in [0.15, 0.2) is 5.16 Å². The quantitative estimate of drug-likeness (QED) is 0.279. The van der Waals surface area contributed by atoms with Crippen molar-refractivity contribution in [3.8, 4) is 0 Å². The highest BCUT2D eigenvalue weighted by molar-refractivity contribution is 5.79. The molecule has 0 atom stereocenters. The van der Waals surface area contributed by atoms with Gasteiger partial charge in [0, 0.05) is 26.1 Å². The zero-order valence-electron chi connectivity index (χ0n) is 11.5. The first-order chi connectivity index (χ1) is 7.95. The van der Waals surface area contributed by atoms with Gasteiger partial charge in [0.25, 0.3) is 0 Å². The van der Waals surface area contributed by atoms with Gasteiger partial charge in [0.2, 0.25) is 0 Å². The Balaban J connectivity index is 3.96. The van der Waals surface area contributed by atoms with Crippen LogP contribution in [0.2, 0.25) is 0 Å². The molecule has 0 aromatic carbocycles. The molecule has 0 aromatic heterocycles. The minimum atomic E-state index is 0.264. The van der Waals surface area contributed by atoms with E-state index < -0.39 is 0 Å². The molecule has 102 valence electrons. The molecule has 0 rings (SSSR count). The number of amidine groups is 1. The molecule has 0 fully saturated rings. The molecule has 0 amide bonds. The Kier molecular flexibility index (Phi) is 8.80. The normalized spacial score (nSPS) is 13.0. The number of hydrogen-bond acceptors (Lipinski definition) is 4. The first kappa shape index (κ1) is 16.2. The monoisotopic (exact) mass is 245 g/mol. The maximum atomic E-state index is 8.50. The third kappa shape index (κ3) is 10.1. The predicted octanol–water partition coefficient (Wildman–Crippen LogP) is 1.51. The standard InChI is InChI=1S/C12H27N3O2/c1-10(2)9-15(6-5-12(13)14-16)7-8-17-11(3)4/h10-11,16H,5-9H2,1-4H3,(H2,13,14). The van der Waals surface area contributed by atoms with Gasteiger partial charge in [-0.2, -0.15) is 0 Å². The van der Waals surface area contributed by atoms with Crippen molar-refractivity contribution >= 4 is 5.84 Å². The Bertz CT molecular complexity index is 218. The zero-order valence-corrected chi connectivity index (χ0v) is 11.5. The largest absolute Gasteiger partial charge is 0.409 e. The van der Waals surface area contributed by atoms with Crippen molar-refractivity contribution in [2.24, 2.45) is 16.8 Å². The van der Waals surface area contributed by atoms with E-state index in [1.54, 1.807) is 0 Å². The number of hydrogen-bond donors (Lipinski definition) is 2. The lowest BCUT2D eigenvalue weighted by atomic mass is 10.2. The summed E-state index contributed by atoms with van der Waals surface area (Å²) in [6, 6.07) is 0. The number of nitrogens with two attached hydrogens (primary N) is 1. The van der Waals surface area contributed by atoms with Gasteiger partial charge in [-0.3, -0.25) is 0 Å². The number of oxime groups is 1. The van der Waals surface area contributed by atoms with E-state index in [0.717, 1.165) is 26.2 Å². The van der Waals surface area contributed by atoms with Crippen LogP contribution in [0.4, 0.5) is 0 Å². The second kappa shape index (κ2) is 9.24. The fourth-order valence-electron chi connectivity index (χ4n) is 1.55. The highest BCUT2D eigenvalue weighted by Crippen LogP contribution is 2.01. The van der Waals surface area contributed by atoms with Gasteiger partial charge in [-0.1, -0.05) is 19.0 Å². The van der Waals surface area contributed by atoms with Crippen LogP contribution in [0.3, 0.4) is 0 Å². The van der Waals surface area contributed by atoms with Gasteiger partial charge in [0.1, 0.15) is 5.84 Å². The molecule has 3 N–H and O–H groups in total. The van der Waals surface area contributed by atoms with E-state index in [-0.39, 0.29) is 11.9 Å². The van der Waals surface area contributed by atoms with Gasteiger partial charge in [-0.05, 0) is 19.8 Å². The summed E-state index contributed by atoms with van der Waals surface area (Å²) in [7, 11) is 0. The van der Waals surface area contributed by atoms with E-state index in [2.05, 4.69) is 23.9 Å². The van der Waals surface area contributed by atoms with Crippen LogP contribution >= 0.6 is 0 Å². The summed E-state index contributed by atoms with van der Waals surface area (Å²) >= 11 is 0. The Morgan fingerprint density at radius 2 is 1.94 bits per heavy atom. The minimum Gasteiger partial charge on any atom is -0.409 e. The van der Waals surface area contributed by atoms with E-state index in [4.69, 9.17) is 15.7 Å². The summed E-state index contributed by atoms with van der Waals surface area (Å²) < 4.78 is 5.53. The average Bonchev–Trinajstić information content (AvgIpc) is 2.23. The molecule has 0 aliphatic rings. The van der Waals surface area contributed by atoms with Gasteiger partial charge < -0.3 is 20.6 Å². The lowest BCUT2D eigenvalue weighted by Crippen LogP contribution is -2.34. The molecule has 0 spiro atoms. The van der Waals surface area contributed by atoms with Crippen molar-refractivity contribution in [1.29, 1.82) is 0 Å². The molecule has 17 heavy (non-hydrogen) atoms. The first-order valence-corrected chi connectivity index (χ1v) is 6.26. The SMILES string of the molecule is CC(C)CN(CCOC(C)C)CCC(N)=NO. The topological polar surface area (TPSA) is 71.1 Å². The highest BCUT2D eigenvalue weighted by atomic mass is 16.5. The van der Waals surface area contributed by atoms with Crippen molar-refractivity contribution in [1.82, 2.24) is 4.90 Å². The third-order valence-corrected chi connectivity index (χ3v) is 2.29. The van der Waals surface area contributed by atoms with Crippen molar-refractivity contribution in [2.75, 3.05) is 26.2 Å². The van der Waals surface area contributed by atoms with Gasteiger partial charge in [-0.15, -0.1) is 0 Å². The Labute approximate surface area is 105 Å². The average molecular weight is 245 g/mol. The first-order valence-electron chi connectivity index (χ1n) is 6.26. The summed E-state index contributed by atoms with van der Waals surface area (Å²) in [5.74, 6) is 0.880. The lowest BCUT2D eigenvalue weighted by Gasteiger charge is -2.24. The molecule has 0 aromatic rings. The zero-order chi connectivity index (χ0) is 13.3. The van der Waals surface area contributed by atoms with Crippen molar-refractivity contribution in [3.63, 3.8) is 0 Å². The molecular weight excluding hydrogens is 218 g/mol. The summed E-state index contributed by atoms with van der Waals surface area (Å²) in [6.45, 7) is 11.8. The molecule has 0 heterocycles. The number of rotatable bonds is 9. The van der Waals surface area contributed by atoms with Crippen molar-refractivity contribution < 1.29 is 9.94 Å². The van der Waals surface area contributed by atoms with E-state index in [0.29, 0.717) is 12.3 Å². The van der Waals surface area contributed by atoms with Crippen LogP contribution in [0.1, 0.15) is 34.1 Å². The molecule has 0 saturated carbocycles. The second-order valence-electron chi connectivity index (χ2n) is 4.96. The minimum absolute atomic E-state index is 0.264. The summed E-state index contributed by atoms with van der Waals surface area (Å²) in [5, 5.41) is 11.5. The van der Waals surface area contributed by atoms with E-state index >= 15 is 0 Å². The Hall–Kier alpha value is -0.810. The molecular formula is C12H27N3O2. The number of nitrogens with zero attached hydrogens (tertiary/aromatic N) is 2. The van der Waals surface area contributed by atoms with Crippen molar-refractivity contribution in [2.45, 2.75) is 40.2 Å². The van der Waals surface area contributed by atoms with E-state index in [1.165, 1.54) is 0 Å². The van der Waals surface area contributed by atoms with Crippen LogP contribution in [-0.4, -0.2) is 48.3 Å². The third-order valence-electron chi connectivity index (χ3n) is 2.29. The van der Waals surface area contributed by atoms with Crippen molar-refractivity contribution in [3.05, 3.63) is 0 Å². The molecule has 5 nitrogen and oxygen atoms in total. The van der Waals surface area contributed by atoms with E-state index in [1.807, 2.05) is 13.8 Å². The fraction of sp³-hybridized carbons (Fsp3) is 0.917. The lowest BCUT2D eigenvalue weighted by molar-refractivity contribution is 0.0572. The Morgan fingerprint density at radius 1 is 1.29 bits per heavy atom. The molecule has 0 aliphatic carbocycles. The molecule has 0 unspecified atom stereocenters. The number of ether oxygens (including phenoxy) is 1. The van der Waals surface area contributed by atoms with Crippen LogP contribution in [0, 0.1) is 5.92 Å².